The second-order valence-corrected chi connectivity index (χ2v) is 3.83. The highest BCUT2D eigenvalue weighted by molar-refractivity contribution is 8.08. The lowest BCUT2D eigenvalue weighted by Crippen LogP contribution is -1.79. The molecule has 0 aliphatic heterocycles. The molecule has 0 saturated heterocycles. The lowest BCUT2D eigenvalue weighted by molar-refractivity contribution is 1.11. The predicted octanol–water partition coefficient (Wildman–Crippen LogP) is 3.80. The molecule has 0 aliphatic rings. The first-order chi connectivity index (χ1) is 5.84. The fourth-order valence-corrected chi connectivity index (χ4v) is 1.69. The number of hydrogen-bond acceptors (Lipinski definition) is 1. The van der Waals surface area contributed by atoms with Crippen LogP contribution in [-0.4, -0.2) is 5.75 Å². The third-order valence-electron chi connectivity index (χ3n) is 1.58. The summed E-state index contributed by atoms with van der Waals surface area (Å²) >= 11 is 1.84. The van der Waals surface area contributed by atoms with Crippen LogP contribution in [0.3, 0.4) is 0 Å². The van der Waals surface area contributed by atoms with Gasteiger partial charge in [0.25, 0.3) is 0 Å². The van der Waals surface area contributed by atoms with E-state index in [2.05, 4.69) is 25.6 Å². The van der Waals surface area contributed by atoms with Crippen LogP contribution >= 0.6 is 11.8 Å². The molecule has 0 bridgehead atoms. The Morgan fingerprint density at radius 1 is 1.33 bits per heavy atom. The molecule has 0 radical (unpaired) electrons. The summed E-state index contributed by atoms with van der Waals surface area (Å²) in [6.07, 6.45) is 1.20. The van der Waals surface area contributed by atoms with Crippen LogP contribution in [0.25, 0.3) is 4.91 Å². The number of thioether (sulfide) groups is 1. The third-order valence-corrected chi connectivity index (χ3v) is 2.77. The zero-order chi connectivity index (χ0) is 8.81. The maximum absolute atomic E-state index is 4.03. The van der Waals surface area contributed by atoms with E-state index in [0.29, 0.717) is 0 Å². The molecule has 0 heterocycles. The van der Waals surface area contributed by atoms with Crippen molar-refractivity contribution in [2.24, 2.45) is 0 Å². The minimum absolute atomic E-state index is 1.16. The topological polar surface area (TPSA) is 0 Å². The molecule has 0 amide bonds. The monoisotopic (exact) mass is 178 g/mol. The van der Waals surface area contributed by atoms with Crippen LogP contribution < -0.4 is 0 Å². The van der Waals surface area contributed by atoms with Gasteiger partial charge in [0.1, 0.15) is 0 Å². The quantitative estimate of drug-likeness (QED) is 0.675. The number of hydrogen-bond donors (Lipinski definition) is 0. The highest BCUT2D eigenvalue weighted by atomic mass is 32.2. The molecule has 0 nitrogen and oxygen atoms in total. The number of rotatable bonds is 4. The van der Waals surface area contributed by atoms with Gasteiger partial charge < -0.3 is 0 Å². The smallest absolute Gasteiger partial charge is 0.00725 e. The average Bonchev–Trinajstić information content (AvgIpc) is 2.15. The van der Waals surface area contributed by atoms with E-state index in [0.717, 1.165) is 5.75 Å². The lowest BCUT2D eigenvalue weighted by Gasteiger charge is -2.03. The van der Waals surface area contributed by atoms with E-state index in [4.69, 9.17) is 0 Å². The summed E-state index contributed by atoms with van der Waals surface area (Å²) in [5.41, 5.74) is 1.25. The van der Waals surface area contributed by atoms with Crippen LogP contribution in [0.5, 0.6) is 0 Å². The Balaban J connectivity index is 2.54. The first kappa shape index (κ1) is 9.40. The van der Waals surface area contributed by atoms with E-state index < -0.39 is 0 Å². The summed E-state index contributed by atoms with van der Waals surface area (Å²) in [5.74, 6) is 1.16. The molecule has 0 N–H and O–H groups in total. The molecular weight excluding hydrogens is 164 g/mol. The van der Waals surface area contributed by atoms with Gasteiger partial charge in [-0.2, -0.15) is 0 Å². The van der Waals surface area contributed by atoms with Gasteiger partial charge >= 0.3 is 0 Å². The first-order valence-electron chi connectivity index (χ1n) is 4.21. The molecule has 12 heavy (non-hydrogen) atoms. The molecule has 1 aromatic rings. The normalized spacial score (nSPS) is 9.75. The molecule has 0 fully saturated rings. The molecule has 0 unspecified atom stereocenters. The summed E-state index contributed by atoms with van der Waals surface area (Å²) < 4.78 is 0. The predicted molar refractivity (Wildman–Crippen MR) is 58.2 cm³/mol. The van der Waals surface area contributed by atoms with Gasteiger partial charge in [-0.25, -0.2) is 0 Å². The van der Waals surface area contributed by atoms with Gasteiger partial charge in [0.15, 0.2) is 0 Å². The molecule has 64 valence electrons. The second-order valence-electron chi connectivity index (χ2n) is 2.64. The highest BCUT2D eigenvalue weighted by Crippen LogP contribution is 2.25. The standard InChI is InChI=1S/C11H14S/c1-3-9-12-10(2)11-7-5-4-6-8-11/h4-8H,2-3,9H2,1H3. The van der Waals surface area contributed by atoms with Crippen molar-refractivity contribution in [2.75, 3.05) is 5.75 Å². The fraction of sp³-hybridized carbons (Fsp3) is 0.273. The van der Waals surface area contributed by atoms with Crippen molar-refractivity contribution in [1.82, 2.24) is 0 Å². The van der Waals surface area contributed by atoms with E-state index in [9.17, 15) is 0 Å². The minimum Gasteiger partial charge on any atom is -0.126 e. The van der Waals surface area contributed by atoms with Gasteiger partial charge in [0.2, 0.25) is 0 Å². The first-order valence-corrected chi connectivity index (χ1v) is 5.20. The summed E-state index contributed by atoms with van der Waals surface area (Å²) in [4.78, 5) is 1.18. The van der Waals surface area contributed by atoms with Crippen LogP contribution in [0, 0.1) is 0 Å². The van der Waals surface area contributed by atoms with Gasteiger partial charge in [0, 0.05) is 4.91 Å². The molecule has 0 aromatic heterocycles. The van der Waals surface area contributed by atoms with Crippen molar-refractivity contribution >= 4 is 16.7 Å². The Hall–Kier alpha value is -0.690. The fourth-order valence-electron chi connectivity index (χ4n) is 0.933. The van der Waals surface area contributed by atoms with Gasteiger partial charge in [0.05, 0.1) is 0 Å². The highest BCUT2D eigenvalue weighted by Gasteiger charge is 1.96. The van der Waals surface area contributed by atoms with Crippen LogP contribution in [0.4, 0.5) is 0 Å². The Morgan fingerprint density at radius 2 is 2.00 bits per heavy atom. The maximum atomic E-state index is 4.03. The van der Waals surface area contributed by atoms with E-state index in [1.54, 1.807) is 0 Å². The van der Waals surface area contributed by atoms with Gasteiger partial charge in [-0.3, -0.25) is 0 Å². The van der Waals surface area contributed by atoms with Crippen molar-refractivity contribution in [3.05, 3.63) is 42.5 Å². The number of benzene rings is 1. The molecular formula is C11H14S. The van der Waals surface area contributed by atoms with Crippen LogP contribution in [0.15, 0.2) is 36.9 Å². The largest absolute Gasteiger partial charge is 0.126 e. The van der Waals surface area contributed by atoms with E-state index >= 15 is 0 Å². The van der Waals surface area contributed by atoms with Gasteiger partial charge in [-0.1, -0.05) is 43.8 Å². The zero-order valence-corrected chi connectivity index (χ0v) is 8.23. The maximum Gasteiger partial charge on any atom is 0.00725 e. The molecule has 0 aliphatic carbocycles. The molecule has 0 spiro atoms. The van der Waals surface area contributed by atoms with E-state index in [1.165, 1.54) is 16.9 Å². The van der Waals surface area contributed by atoms with E-state index in [-0.39, 0.29) is 0 Å². The van der Waals surface area contributed by atoms with Crippen molar-refractivity contribution in [3.63, 3.8) is 0 Å². The molecule has 0 atom stereocenters. The average molecular weight is 178 g/mol. The van der Waals surface area contributed by atoms with Gasteiger partial charge in [-0.05, 0) is 17.7 Å². The Kier molecular flexibility index (Phi) is 3.95. The molecule has 0 saturated carbocycles. The zero-order valence-electron chi connectivity index (χ0n) is 7.42. The summed E-state index contributed by atoms with van der Waals surface area (Å²) in [6, 6.07) is 10.3. The lowest BCUT2D eigenvalue weighted by atomic mass is 10.2. The Morgan fingerprint density at radius 3 is 2.58 bits per heavy atom. The van der Waals surface area contributed by atoms with Crippen molar-refractivity contribution in [3.8, 4) is 0 Å². The molecule has 1 rings (SSSR count). The Bertz CT molecular complexity index is 238. The van der Waals surface area contributed by atoms with Crippen molar-refractivity contribution in [2.45, 2.75) is 13.3 Å². The summed E-state index contributed by atoms with van der Waals surface area (Å²) in [6.45, 7) is 6.21. The van der Waals surface area contributed by atoms with E-state index in [1.807, 2.05) is 30.0 Å². The molecule has 1 aromatic carbocycles. The minimum atomic E-state index is 1.16. The SMILES string of the molecule is C=C(SCCC)c1ccccc1. The second kappa shape index (κ2) is 5.04. The van der Waals surface area contributed by atoms with Crippen LogP contribution in [-0.2, 0) is 0 Å². The Labute approximate surface area is 78.7 Å². The summed E-state index contributed by atoms with van der Waals surface area (Å²) in [7, 11) is 0. The van der Waals surface area contributed by atoms with Crippen molar-refractivity contribution in [1.29, 1.82) is 0 Å². The van der Waals surface area contributed by atoms with Crippen LogP contribution in [0.2, 0.25) is 0 Å². The van der Waals surface area contributed by atoms with Crippen LogP contribution in [0.1, 0.15) is 18.9 Å². The third kappa shape index (κ3) is 2.74. The molecule has 1 heteroatoms. The van der Waals surface area contributed by atoms with Crippen molar-refractivity contribution < 1.29 is 0 Å². The van der Waals surface area contributed by atoms with Gasteiger partial charge in [-0.15, -0.1) is 11.8 Å². The summed E-state index contributed by atoms with van der Waals surface area (Å²) in [5, 5.41) is 0.